The van der Waals surface area contributed by atoms with E-state index in [1.54, 1.807) is 24.7 Å². The van der Waals surface area contributed by atoms with E-state index in [9.17, 15) is 8.42 Å². The Morgan fingerprint density at radius 3 is 2.53 bits per heavy atom. The third kappa shape index (κ3) is 2.82. The van der Waals surface area contributed by atoms with E-state index in [1.807, 2.05) is 17.8 Å². The lowest BCUT2D eigenvalue weighted by atomic mass is 10.3. The number of aromatic nitrogens is 4. The van der Waals surface area contributed by atoms with Crippen LogP contribution in [0.2, 0.25) is 0 Å². The average Bonchev–Trinajstić information content (AvgIpc) is 2.79. The SMILES string of the molecule is Cc1nn(CCc2nccn2C)c(C)c1S(=O)(=O)Cl. The molecule has 0 aliphatic carbocycles. The maximum absolute atomic E-state index is 11.5. The molecule has 0 aliphatic rings. The maximum Gasteiger partial charge on any atom is 0.264 e. The summed E-state index contributed by atoms with van der Waals surface area (Å²) in [5.74, 6) is 0.919. The summed E-state index contributed by atoms with van der Waals surface area (Å²) in [4.78, 5) is 4.32. The molecule has 0 atom stereocenters. The first kappa shape index (κ1) is 14.1. The number of imidazole rings is 1. The van der Waals surface area contributed by atoms with Gasteiger partial charge in [-0.05, 0) is 13.8 Å². The molecule has 2 aromatic rings. The zero-order valence-corrected chi connectivity index (χ0v) is 12.5. The summed E-state index contributed by atoms with van der Waals surface area (Å²) in [5.41, 5.74) is 0.981. The number of rotatable bonds is 4. The van der Waals surface area contributed by atoms with Gasteiger partial charge in [0.2, 0.25) is 0 Å². The van der Waals surface area contributed by atoms with Crippen LogP contribution in [-0.4, -0.2) is 27.7 Å². The van der Waals surface area contributed by atoms with Gasteiger partial charge in [0.05, 0.1) is 11.4 Å². The molecule has 8 heteroatoms. The predicted octanol–water partition coefficient (Wildman–Crippen LogP) is 1.40. The summed E-state index contributed by atoms with van der Waals surface area (Å²) in [6.45, 7) is 3.90. The topological polar surface area (TPSA) is 69.8 Å². The quantitative estimate of drug-likeness (QED) is 0.801. The summed E-state index contributed by atoms with van der Waals surface area (Å²) < 4.78 is 26.5. The van der Waals surface area contributed by atoms with Gasteiger partial charge in [0.15, 0.2) is 0 Å². The maximum atomic E-state index is 11.5. The third-order valence-corrected chi connectivity index (χ3v) is 4.57. The van der Waals surface area contributed by atoms with Gasteiger partial charge in [-0.3, -0.25) is 4.68 Å². The molecule has 0 unspecified atom stereocenters. The molecule has 2 rings (SSSR count). The van der Waals surface area contributed by atoms with Crippen LogP contribution in [0.5, 0.6) is 0 Å². The zero-order chi connectivity index (χ0) is 14.2. The fourth-order valence-corrected chi connectivity index (χ4v) is 3.62. The van der Waals surface area contributed by atoms with Crippen LogP contribution < -0.4 is 0 Å². The number of aryl methyl sites for hydroxylation is 4. The van der Waals surface area contributed by atoms with Crippen molar-refractivity contribution in [3.8, 4) is 0 Å². The van der Waals surface area contributed by atoms with Crippen LogP contribution in [0.25, 0.3) is 0 Å². The van der Waals surface area contributed by atoms with Crippen LogP contribution in [0.15, 0.2) is 17.3 Å². The normalized spacial score (nSPS) is 12.0. The number of halogens is 1. The highest BCUT2D eigenvalue weighted by Crippen LogP contribution is 2.23. The number of hydrogen-bond acceptors (Lipinski definition) is 4. The van der Waals surface area contributed by atoms with Crippen molar-refractivity contribution in [1.29, 1.82) is 0 Å². The first-order valence-electron chi connectivity index (χ1n) is 5.75. The highest BCUT2D eigenvalue weighted by atomic mass is 35.7. The fourth-order valence-electron chi connectivity index (χ4n) is 2.09. The molecule has 0 aliphatic heterocycles. The summed E-state index contributed by atoms with van der Waals surface area (Å²) >= 11 is 0. The number of nitrogens with zero attached hydrogens (tertiary/aromatic N) is 4. The van der Waals surface area contributed by atoms with Crippen molar-refractivity contribution in [2.24, 2.45) is 7.05 Å². The van der Waals surface area contributed by atoms with Crippen LogP contribution in [0.3, 0.4) is 0 Å². The Bertz CT molecular complexity index is 702. The summed E-state index contributed by atoms with van der Waals surface area (Å²) in [6, 6.07) is 0. The third-order valence-electron chi connectivity index (χ3n) is 3.03. The minimum Gasteiger partial charge on any atom is -0.338 e. The van der Waals surface area contributed by atoms with Gasteiger partial charge in [0, 0.05) is 43.1 Å². The van der Waals surface area contributed by atoms with Gasteiger partial charge >= 0.3 is 0 Å². The van der Waals surface area contributed by atoms with Crippen LogP contribution in [0, 0.1) is 13.8 Å². The highest BCUT2D eigenvalue weighted by Gasteiger charge is 2.22. The Labute approximate surface area is 116 Å². The molecule has 6 nitrogen and oxygen atoms in total. The molecule has 0 radical (unpaired) electrons. The van der Waals surface area contributed by atoms with Crippen molar-refractivity contribution < 1.29 is 8.42 Å². The minimum absolute atomic E-state index is 0.106. The van der Waals surface area contributed by atoms with E-state index in [0.29, 0.717) is 24.4 Å². The van der Waals surface area contributed by atoms with Crippen molar-refractivity contribution >= 4 is 19.7 Å². The minimum atomic E-state index is -3.76. The Morgan fingerprint density at radius 1 is 1.37 bits per heavy atom. The molecule has 0 spiro atoms. The molecule has 0 saturated carbocycles. The van der Waals surface area contributed by atoms with E-state index in [-0.39, 0.29) is 4.90 Å². The van der Waals surface area contributed by atoms with Crippen LogP contribution >= 0.6 is 10.7 Å². The van der Waals surface area contributed by atoms with Crippen molar-refractivity contribution in [3.63, 3.8) is 0 Å². The average molecular weight is 303 g/mol. The van der Waals surface area contributed by atoms with E-state index in [1.165, 1.54) is 0 Å². The smallest absolute Gasteiger partial charge is 0.264 e. The first-order chi connectivity index (χ1) is 8.80. The largest absolute Gasteiger partial charge is 0.338 e. The monoisotopic (exact) mass is 302 g/mol. The molecule has 0 fully saturated rings. The highest BCUT2D eigenvalue weighted by molar-refractivity contribution is 8.13. The molecule has 0 amide bonds. The fraction of sp³-hybridized carbons (Fsp3) is 0.455. The lowest BCUT2D eigenvalue weighted by Crippen LogP contribution is -2.08. The molecule has 0 bridgehead atoms. The second kappa shape index (κ2) is 4.97. The first-order valence-corrected chi connectivity index (χ1v) is 8.06. The Kier molecular flexibility index (Phi) is 3.69. The lowest BCUT2D eigenvalue weighted by molar-refractivity contribution is 0.570. The van der Waals surface area contributed by atoms with Gasteiger partial charge in [-0.15, -0.1) is 0 Å². The second-order valence-corrected chi connectivity index (χ2v) is 6.87. The van der Waals surface area contributed by atoms with E-state index in [2.05, 4.69) is 10.1 Å². The van der Waals surface area contributed by atoms with Crippen molar-refractivity contribution in [1.82, 2.24) is 19.3 Å². The molecule has 2 aromatic heterocycles. The van der Waals surface area contributed by atoms with E-state index < -0.39 is 9.05 Å². The molecule has 0 aromatic carbocycles. The predicted molar refractivity (Wildman–Crippen MR) is 71.7 cm³/mol. The Balaban J connectivity index is 2.26. The molecule has 0 N–H and O–H groups in total. The molecular weight excluding hydrogens is 288 g/mol. The molecule has 104 valence electrons. The molecule has 2 heterocycles. The van der Waals surface area contributed by atoms with Gasteiger partial charge < -0.3 is 4.57 Å². The zero-order valence-electron chi connectivity index (χ0n) is 11.0. The van der Waals surface area contributed by atoms with Crippen molar-refractivity contribution in [3.05, 3.63) is 29.6 Å². The Hall–Kier alpha value is -1.34. The van der Waals surface area contributed by atoms with Gasteiger partial charge in [0.1, 0.15) is 10.7 Å². The van der Waals surface area contributed by atoms with Gasteiger partial charge in [-0.25, -0.2) is 13.4 Å². The van der Waals surface area contributed by atoms with Crippen LogP contribution in [-0.2, 0) is 29.1 Å². The van der Waals surface area contributed by atoms with E-state index >= 15 is 0 Å². The molecular formula is C11H15ClN4O2S. The Morgan fingerprint density at radius 2 is 2.05 bits per heavy atom. The lowest BCUT2D eigenvalue weighted by Gasteiger charge is -2.05. The summed E-state index contributed by atoms with van der Waals surface area (Å²) in [6.07, 6.45) is 4.27. The number of hydrogen-bond donors (Lipinski definition) is 0. The van der Waals surface area contributed by atoms with Crippen molar-refractivity contribution in [2.75, 3.05) is 0 Å². The summed E-state index contributed by atoms with van der Waals surface area (Å²) in [5, 5.41) is 4.22. The summed E-state index contributed by atoms with van der Waals surface area (Å²) in [7, 11) is 3.57. The van der Waals surface area contributed by atoms with Gasteiger partial charge in [0.25, 0.3) is 9.05 Å². The van der Waals surface area contributed by atoms with E-state index in [0.717, 1.165) is 5.82 Å². The molecule has 19 heavy (non-hydrogen) atoms. The van der Waals surface area contributed by atoms with E-state index in [4.69, 9.17) is 10.7 Å². The van der Waals surface area contributed by atoms with Gasteiger partial charge in [-0.2, -0.15) is 5.10 Å². The standard InChI is InChI=1S/C11H15ClN4O2S/c1-8-11(19(12,17)18)9(2)16(14-8)6-4-10-13-5-7-15(10)3/h5,7H,4,6H2,1-3H3. The van der Waals surface area contributed by atoms with Gasteiger partial charge in [-0.1, -0.05) is 0 Å². The van der Waals surface area contributed by atoms with Crippen molar-refractivity contribution in [2.45, 2.75) is 31.7 Å². The molecule has 0 saturated heterocycles. The second-order valence-electron chi connectivity index (χ2n) is 4.37. The van der Waals surface area contributed by atoms with Crippen LogP contribution in [0.4, 0.5) is 0 Å². The van der Waals surface area contributed by atoms with Crippen LogP contribution in [0.1, 0.15) is 17.2 Å².